The standard InChI is InChI=1S/C11H11ClINS/c1-7-5-8(2)11-9(10(7)6-12)3-4-14(11)15-13/h3-5H,6H2,1-2H3. The molecule has 2 aromatic rings. The molecule has 0 aliphatic rings. The highest BCUT2D eigenvalue weighted by molar-refractivity contribution is 14.2. The molecule has 80 valence electrons. The summed E-state index contributed by atoms with van der Waals surface area (Å²) >= 11 is 8.29. The van der Waals surface area contributed by atoms with Gasteiger partial charge in [-0.25, -0.2) is 0 Å². The molecule has 0 saturated heterocycles. The number of fused-ring (bicyclic) bond motifs is 1. The lowest BCUT2D eigenvalue weighted by Gasteiger charge is -2.08. The molecule has 0 aliphatic heterocycles. The third-order valence-electron chi connectivity index (χ3n) is 2.67. The number of benzene rings is 1. The van der Waals surface area contributed by atoms with Crippen molar-refractivity contribution in [3.05, 3.63) is 35.0 Å². The van der Waals surface area contributed by atoms with E-state index in [0.717, 1.165) is 0 Å². The molecule has 0 spiro atoms. The zero-order valence-corrected chi connectivity index (χ0v) is 12.3. The lowest BCUT2D eigenvalue weighted by Crippen LogP contribution is -1.91. The van der Waals surface area contributed by atoms with Crippen LogP contribution in [0.15, 0.2) is 18.3 Å². The van der Waals surface area contributed by atoms with Crippen LogP contribution in [0, 0.1) is 13.8 Å². The smallest absolute Gasteiger partial charge is 0.0631 e. The highest BCUT2D eigenvalue weighted by Gasteiger charge is 2.10. The number of aryl methyl sites for hydroxylation is 2. The van der Waals surface area contributed by atoms with Gasteiger partial charge in [-0.3, -0.25) is 3.97 Å². The van der Waals surface area contributed by atoms with E-state index < -0.39 is 0 Å². The second-order valence-corrected chi connectivity index (χ2v) is 5.58. The molecule has 1 heterocycles. The van der Waals surface area contributed by atoms with E-state index in [1.807, 2.05) is 0 Å². The average molecular weight is 352 g/mol. The van der Waals surface area contributed by atoms with Crippen LogP contribution in [0.25, 0.3) is 10.9 Å². The first-order chi connectivity index (χ1) is 7.19. The quantitative estimate of drug-likeness (QED) is 0.553. The van der Waals surface area contributed by atoms with Gasteiger partial charge in [-0.15, -0.1) is 11.6 Å². The minimum absolute atomic E-state index is 0.582. The van der Waals surface area contributed by atoms with Gasteiger partial charge < -0.3 is 0 Å². The maximum Gasteiger partial charge on any atom is 0.0631 e. The second kappa shape index (κ2) is 4.55. The van der Waals surface area contributed by atoms with Crippen molar-refractivity contribution in [2.45, 2.75) is 19.7 Å². The van der Waals surface area contributed by atoms with Crippen LogP contribution in [0.5, 0.6) is 0 Å². The lowest BCUT2D eigenvalue weighted by molar-refractivity contribution is 1.28. The molecule has 4 heteroatoms. The van der Waals surface area contributed by atoms with Crippen molar-refractivity contribution < 1.29 is 0 Å². The summed E-state index contributed by atoms with van der Waals surface area (Å²) in [6.07, 6.45) is 2.10. The number of aromatic nitrogens is 1. The number of hydrogen-bond acceptors (Lipinski definition) is 1. The first-order valence-electron chi connectivity index (χ1n) is 4.64. The molecule has 0 N–H and O–H groups in total. The summed E-state index contributed by atoms with van der Waals surface area (Å²) in [4.78, 5) is 0. The Balaban J connectivity index is 2.86. The van der Waals surface area contributed by atoms with Crippen LogP contribution in [0.4, 0.5) is 0 Å². The Morgan fingerprint density at radius 1 is 1.40 bits per heavy atom. The molecular formula is C11H11ClINS. The topological polar surface area (TPSA) is 4.93 Å². The van der Waals surface area contributed by atoms with E-state index in [1.165, 1.54) is 27.6 Å². The molecule has 0 atom stereocenters. The van der Waals surface area contributed by atoms with Crippen molar-refractivity contribution in [2.75, 3.05) is 0 Å². The molecule has 0 saturated carbocycles. The van der Waals surface area contributed by atoms with E-state index in [1.54, 1.807) is 9.12 Å². The van der Waals surface area contributed by atoms with Crippen molar-refractivity contribution in [3.8, 4) is 0 Å². The molecule has 0 bridgehead atoms. The van der Waals surface area contributed by atoms with E-state index in [9.17, 15) is 0 Å². The number of halogens is 2. The molecule has 2 rings (SSSR count). The normalized spacial score (nSPS) is 11.2. The molecule has 15 heavy (non-hydrogen) atoms. The van der Waals surface area contributed by atoms with Gasteiger partial charge >= 0.3 is 0 Å². The number of nitrogens with zero attached hydrogens (tertiary/aromatic N) is 1. The number of alkyl halides is 1. The molecule has 1 nitrogen and oxygen atoms in total. The summed E-state index contributed by atoms with van der Waals surface area (Å²) < 4.78 is 2.18. The van der Waals surface area contributed by atoms with Gasteiger partial charge in [0.1, 0.15) is 0 Å². The Morgan fingerprint density at radius 3 is 2.73 bits per heavy atom. The summed E-state index contributed by atoms with van der Waals surface area (Å²) in [7, 11) is 1.69. The predicted octanol–water partition coefficient (Wildman–Crippen LogP) is 4.84. The molecular weight excluding hydrogens is 341 g/mol. The van der Waals surface area contributed by atoms with E-state index in [0.29, 0.717) is 5.88 Å². The third-order valence-corrected chi connectivity index (χ3v) is 4.66. The van der Waals surface area contributed by atoms with Gasteiger partial charge in [-0.2, -0.15) is 0 Å². The van der Waals surface area contributed by atoms with Crippen LogP contribution in [0.1, 0.15) is 16.7 Å². The fraction of sp³-hybridized carbons (Fsp3) is 0.273. The van der Waals surface area contributed by atoms with Gasteiger partial charge in [0.05, 0.1) is 5.52 Å². The molecule has 1 aromatic carbocycles. The van der Waals surface area contributed by atoms with Gasteiger partial charge in [-0.05, 0) is 36.6 Å². The van der Waals surface area contributed by atoms with Crippen LogP contribution in [0.2, 0.25) is 0 Å². The number of hydrogen-bond donors (Lipinski definition) is 0. The largest absolute Gasteiger partial charge is 0.282 e. The monoisotopic (exact) mass is 351 g/mol. The highest BCUT2D eigenvalue weighted by atomic mass is 127. The summed E-state index contributed by atoms with van der Waals surface area (Å²) in [5.74, 6) is 0.582. The van der Waals surface area contributed by atoms with E-state index in [-0.39, 0.29) is 0 Å². The first-order valence-corrected chi connectivity index (χ1v) is 8.49. The molecule has 0 fully saturated rings. The first kappa shape index (κ1) is 11.6. The molecule has 0 amide bonds. The van der Waals surface area contributed by atoms with Gasteiger partial charge in [0, 0.05) is 47.8 Å². The highest BCUT2D eigenvalue weighted by Crippen LogP contribution is 2.32. The maximum absolute atomic E-state index is 6.00. The van der Waals surface area contributed by atoms with Crippen LogP contribution in [-0.4, -0.2) is 3.97 Å². The van der Waals surface area contributed by atoms with E-state index >= 15 is 0 Å². The van der Waals surface area contributed by atoms with Crippen molar-refractivity contribution >= 4 is 52.8 Å². The van der Waals surface area contributed by atoms with Crippen molar-refractivity contribution in [1.29, 1.82) is 0 Å². The average Bonchev–Trinajstić information content (AvgIpc) is 2.62. The predicted molar refractivity (Wildman–Crippen MR) is 78.0 cm³/mol. The lowest BCUT2D eigenvalue weighted by atomic mass is 10.0. The zero-order chi connectivity index (χ0) is 11.0. The fourth-order valence-electron chi connectivity index (χ4n) is 1.97. The Bertz CT molecular complexity index is 507. The minimum Gasteiger partial charge on any atom is -0.282 e. The molecule has 0 unspecified atom stereocenters. The molecule has 0 radical (unpaired) electrons. The minimum atomic E-state index is 0.582. The van der Waals surface area contributed by atoms with Crippen LogP contribution < -0.4 is 0 Å². The maximum atomic E-state index is 6.00. The number of rotatable bonds is 2. The summed E-state index contributed by atoms with van der Waals surface area (Å²) in [6, 6.07) is 4.36. The van der Waals surface area contributed by atoms with Crippen LogP contribution in [-0.2, 0) is 5.88 Å². The Hall–Kier alpha value is 0.130. The van der Waals surface area contributed by atoms with Crippen molar-refractivity contribution in [1.82, 2.24) is 3.97 Å². The molecule has 1 aromatic heterocycles. The summed E-state index contributed by atoms with van der Waals surface area (Å²) in [6.45, 7) is 4.27. The van der Waals surface area contributed by atoms with Gasteiger partial charge in [0.15, 0.2) is 0 Å². The van der Waals surface area contributed by atoms with Gasteiger partial charge in [0.25, 0.3) is 0 Å². The molecule has 0 aliphatic carbocycles. The fourth-order valence-corrected chi connectivity index (χ4v) is 3.73. The van der Waals surface area contributed by atoms with Crippen molar-refractivity contribution in [2.24, 2.45) is 0 Å². The Kier molecular flexibility index (Phi) is 3.52. The SMILES string of the molecule is Cc1cc(C)c2c(ccn2SI)c1CCl. The Labute approximate surface area is 111 Å². The zero-order valence-electron chi connectivity index (χ0n) is 8.55. The third kappa shape index (κ3) is 1.89. The second-order valence-electron chi connectivity index (χ2n) is 3.60. The van der Waals surface area contributed by atoms with Crippen LogP contribution >= 0.6 is 41.9 Å². The van der Waals surface area contributed by atoms with Gasteiger partial charge in [0.2, 0.25) is 0 Å². The Morgan fingerprint density at radius 2 is 2.13 bits per heavy atom. The van der Waals surface area contributed by atoms with Crippen molar-refractivity contribution in [3.63, 3.8) is 0 Å². The van der Waals surface area contributed by atoms with Gasteiger partial charge in [-0.1, -0.05) is 6.07 Å². The summed E-state index contributed by atoms with van der Waals surface area (Å²) in [5.41, 5.74) is 5.13. The van der Waals surface area contributed by atoms with E-state index in [2.05, 4.69) is 57.4 Å². The van der Waals surface area contributed by atoms with Crippen LogP contribution in [0.3, 0.4) is 0 Å². The van der Waals surface area contributed by atoms with E-state index in [4.69, 9.17) is 11.6 Å². The summed E-state index contributed by atoms with van der Waals surface area (Å²) in [5, 5.41) is 1.28.